The van der Waals surface area contributed by atoms with Gasteiger partial charge in [-0.2, -0.15) is 0 Å². The van der Waals surface area contributed by atoms with Crippen molar-refractivity contribution in [1.82, 2.24) is 20.9 Å². The number of rotatable bonds is 6. The smallest absolute Gasteiger partial charge is 0.408 e. The predicted octanol–water partition coefficient (Wildman–Crippen LogP) is 1.97. The van der Waals surface area contributed by atoms with Crippen LogP contribution in [0.25, 0.3) is 0 Å². The van der Waals surface area contributed by atoms with Gasteiger partial charge < -0.3 is 25.6 Å². The molecule has 9 heteroatoms. The van der Waals surface area contributed by atoms with Crippen LogP contribution in [0.2, 0.25) is 0 Å². The first-order valence-corrected chi connectivity index (χ1v) is 11.5. The summed E-state index contributed by atoms with van der Waals surface area (Å²) >= 11 is 0. The van der Waals surface area contributed by atoms with E-state index in [2.05, 4.69) is 22.5 Å². The molecule has 0 unspecified atom stereocenters. The number of hydrogen-bond acceptors (Lipinski definition) is 5. The van der Waals surface area contributed by atoms with Gasteiger partial charge in [-0.15, -0.1) is 6.58 Å². The van der Waals surface area contributed by atoms with Crippen molar-refractivity contribution in [1.29, 1.82) is 0 Å². The van der Waals surface area contributed by atoms with Gasteiger partial charge in [0.25, 0.3) is 0 Å². The van der Waals surface area contributed by atoms with Gasteiger partial charge in [0.15, 0.2) is 0 Å². The molecule has 0 aromatic rings. The van der Waals surface area contributed by atoms with E-state index in [1.54, 1.807) is 26.8 Å². The van der Waals surface area contributed by atoms with Crippen LogP contribution in [0.4, 0.5) is 4.79 Å². The Kier molecular flexibility index (Phi) is 7.55. The lowest BCUT2D eigenvalue weighted by Gasteiger charge is -2.36. The van der Waals surface area contributed by atoms with E-state index in [0.717, 1.165) is 0 Å². The first kappa shape index (κ1) is 26.7. The molecule has 1 aliphatic heterocycles. The molecule has 33 heavy (non-hydrogen) atoms. The third-order valence-electron chi connectivity index (χ3n) is 6.15. The average molecular weight is 465 g/mol. The number of nitrogens with zero attached hydrogens (tertiary/aromatic N) is 1. The van der Waals surface area contributed by atoms with E-state index in [0.29, 0.717) is 19.4 Å². The standard InChI is InChI=1S/C24H40N4O5/c1-10-15-12-24(15,20(31)25-9)27-18(29)16-11-14(2)13-28(16)19(30)17(22(3,4)5)26-21(32)33-23(6,7)8/h10,14-17H,1,11-13H2,2-9H3,(H,25,31)(H,26,32)(H,27,29)/t14-,15-,16+,17-,24-/m1/s1. The third-order valence-corrected chi connectivity index (χ3v) is 6.15. The van der Waals surface area contributed by atoms with Gasteiger partial charge in [-0.25, -0.2) is 4.79 Å². The molecule has 0 spiro atoms. The van der Waals surface area contributed by atoms with Crippen LogP contribution >= 0.6 is 0 Å². The molecule has 5 atom stereocenters. The second kappa shape index (κ2) is 9.35. The van der Waals surface area contributed by atoms with Gasteiger partial charge in [-0.3, -0.25) is 14.4 Å². The molecule has 4 amide bonds. The van der Waals surface area contributed by atoms with E-state index in [1.165, 1.54) is 11.9 Å². The molecule has 0 bridgehead atoms. The normalized spacial score (nSPS) is 27.9. The summed E-state index contributed by atoms with van der Waals surface area (Å²) in [7, 11) is 1.53. The summed E-state index contributed by atoms with van der Waals surface area (Å²) in [5.74, 6) is -1.05. The van der Waals surface area contributed by atoms with Gasteiger partial charge in [0, 0.05) is 19.5 Å². The Morgan fingerprint density at radius 2 is 1.76 bits per heavy atom. The number of amides is 4. The fourth-order valence-corrected chi connectivity index (χ4v) is 4.34. The minimum absolute atomic E-state index is 0.0946. The van der Waals surface area contributed by atoms with Crippen LogP contribution in [0.15, 0.2) is 12.7 Å². The summed E-state index contributed by atoms with van der Waals surface area (Å²) in [5.41, 5.74) is -2.35. The van der Waals surface area contributed by atoms with Crippen molar-refractivity contribution in [2.45, 2.75) is 84.5 Å². The highest BCUT2D eigenvalue weighted by atomic mass is 16.6. The second-order valence-electron chi connectivity index (χ2n) is 11.4. The fourth-order valence-electron chi connectivity index (χ4n) is 4.34. The zero-order valence-electron chi connectivity index (χ0n) is 21.2. The van der Waals surface area contributed by atoms with E-state index in [4.69, 9.17) is 4.74 Å². The number of carbonyl (C=O) groups excluding carboxylic acids is 4. The molecule has 1 saturated carbocycles. The first-order valence-electron chi connectivity index (χ1n) is 11.5. The summed E-state index contributed by atoms with van der Waals surface area (Å²) in [5, 5.41) is 8.20. The molecule has 0 radical (unpaired) electrons. The first-order chi connectivity index (χ1) is 15.1. The number of ether oxygens (including phenoxy) is 1. The van der Waals surface area contributed by atoms with Gasteiger partial charge in [-0.1, -0.05) is 33.8 Å². The van der Waals surface area contributed by atoms with Gasteiger partial charge in [-0.05, 0) is 44.9 Å². The van der Waals surface area contributed by atoms with E-state index in [1.807, 2.05) is 27.7 Å². The van der Waals surface area contributed by atoms with Crippen LogP contribution in [-0.2, 0) is 19.1 Å². The largest absolute Gasteiger partial charge is 0.444 e. The van der Waals surface area contributed by atoms with Gasteiger partial charge in [0.1, 0.15) is 23.2 Å². The SMILES string of the molecule is C=C[C@@H]1C[C@]1(NC(=O)[C@@H]1C[C@@H](C)CN1C(=O)[C@@H](NC(=O)OC(C)(C)C)C(C)(C)C)C(=O)NC. The van der Waals surface area contributed by atoms with Gasteiger partial charge in [0.2, 0.25) is 17.7 Å². The number of likely N-dealkylation sites (tertiary alicyclic amines) is 1. The molecule has 0 aromatic carbocycles. The predicted molar refractivity (Wildman–Crippen MR) is 125 cm³/mol. The van der Waals surface area contributed by atoms with Crippen LogP contribution in [0.5, 0.6) is 0 Å². The maximum absolute atomic E-state index is 13.6. The molecule has 2 aliphatic rings. The molecule has 9 nitrogen and oxygen atoms in total. The molecule has 186 valence electrons. The monoisotopic (exact) mass is 464 g/mol. The Bertz CT molecular complexity index is 813. The Hall–Kier alpha value is -2.58. The second-order valence-corrected chi connectivity index (χ2v) is 11.4. The fraction of sp³-hybridized carbons (Fsp3) is 0.750. The molecular weight excluding hydrogens is 424 g/mol. The minimum atomic E-state index is -1.02. The van der Waals surface area contributed by atoms with E-state index in [9.17, 15) is 19.2 Å². The van der Waals surface area contributed by atoms with E-state index < -0.39 is 34.7 Å². The quantitative estimate of drug-likeness (QED) is 0.520. The van der Waals surface area contributed by atoms with E-state index in [-0.39, 0.29) is 29.6 Å². The topological polar surface area (TPSA) is 117 Å². The molecule has 0 aromatic heterocycles. The Balaban J connectivity index is 2.23. The third kappa shape index (κ3) is 6.06. The minimum Gasteiger partial charge on any atom is -0.444 e. The number of hydrogen-bond donors (Lipinski definition) is 3. The summed E-state index contributed by atoms with van der Waals surface area (Å²) in [6.07, 6.45) is 1.93. The Morgan fingerprint density at radius 3 is 2.21 bits per heavy atom. The molecule has 2 fully saturated rings. The van der Waals surface area contributed by atoms with Crippen molar-refractivity contribution in [3.8, 4) is 0 Å². The lowest BCUT2D eigenvalue weighted by molar-refractivity contribution is -0.143. The van der Waals surface area contributed by atoms with Crippen molar-refractivity contribution < 1.29 is 23.9 Å². The van der Waals surface area contributed by atoms with Crippen LogP contribution in [-0.4, -0.2) is 65.5 Å². The lowest BCUT2D eigenvalue weighted by atomic mass is 9.85. The number of carbonyl (C=O) groups is 4. The van der Waals surface area contributed by atoms with Gasteiger partial charge >= 0.3 is 6.09 Å². The van der Waals surface area contributed by atoms with Crippen LogP contribution in [0.1, 0.15) is 61.3 Å². The highest BCUT2D eigenvalue weighted by Gasteiger charge is 2.60. The molecule has 1 aliphatic carbocycles. The van der Waals surface area contributed by atoms with Crippen molar-refractivity contribution in [3.05, 3.63) is 12.7 Å². The van der Waals surface area contributed by atoms with Crippen LogP contribution in [0, 0.1) is 17.3 Å². The summed E-state index contributed by atoms with van der Waals surface area (Å²) in [6.45, 7) is 16.9. The van der Waals surface area contributed by atoms with Gasteiger partial charge in [0.05, 0.1) is 0 Å². The van der Waals surface area contributed by atoms with Crippen molar-refractivity contribution in [3.63, 3.8) is 0 Å². The number of likely N-dealkylation sites (N-methyl/N-ethyl adjacent to an activating group) is 1. The zero-order valence-corrected chi connectivity index (χ0v) is 21.2. The Morgan fingerprint density at radius 1 is 1.15 bits per heavy atom. The van der Waals surface area contributed by atoms with Crippen molar-refractivity contribution in [2.24, 2.45) is 17.3 Å². The highest BCUT2D eigenvalue weighted by molar-refractivity contribution is 5.98. The molecule has 1 heterocycles. The average Bonchev–Trinajstić information content (AvgIpc) is 3.25. The maximum Gasteiger partial charge on any atom is 0.408 e. The van der Waals surface area contributed by atoms with Crippen LogP contribution in [0.3, 0.4) is 0 Å². The zero-order chi connectivity index (χ0) is 25.4. The molecule has 1 saturated heterocycles. The maximum atomic E-state index is 13.6. The lowest BCUT2D eigenvalue weighted by Crippen LogP contribution is -2.60. The molecule has 2 rings (SSSR count). The summed E-state index contributed by atoms with van der Waals surface area (Å²) < 4.78 is 5.35. The Labute approximate surface area is 197 Å². The number of alkyl carbamates (subject to hydrolysis) is 1. The molecule has 3 N–H and O–H groups in total. The van der Waals surface area contributed by atoms with Crippen molar-refractivity contribution in [2.75, 3.05) is 13.6 Å². The summed E-state index contributed by atoms with van der Waals surface area (Å²) in [6, 6.07) is -1.62. The highest BCUT2D eigenvalue weighted by Crippen LogP contribution is 2.45. The number of nitrogens with one attached hydrogen (secondary N) is 3. The van der Waals surface area contributed by atoms with Crippen molar-refractivity contribution >= 4 is 23.8 Å². The molecular formula is C24H40N4O5. The van der Waals surface area contributed by atoms with E-state index >= 15 is 0 Å². The summed E-state index contributed by atoms with van der Waals surface area (Å²) in [4.78, 5) is 53.3. The van der Waals surface area contributed by atoms with Crippen LogP contribution < -0.4 is 16.0 Å².